The smallest absolute Gasteiger partial charge is 0.120 e. The number of rotatable bonds is 18. The minimum absolute atomic E-state index is 0. The zero-order valence-electron chi connectivity index (χ0n) is 22.9. The summed E-state index contributed by atoms with van der Waals surface area (Å²) in [4.78, 5) is 0. The molecule has 0 N–H and O–H groups in total. The molecule has 196 valence electrons. The lowest BCUT2D eigenvalue weighted by molar-refractivity contribution is -0.884. The van der Waals surface area contributed by atoms with Gasteiger partial charge in [0.25, 0.3) is 0 Å². The van der Waals surface area contributed by atoms with Crippen molar-refractivity contribution in [1.82, 2.24) is 0 Å². The molecular weight excluding hydrogens is 540 g/mol. The molecule has 0 saturated carbocycles. The lowest BCUT2D eigenvalue weighted by Crippen LogP contribution is -3.00. The van der Waals surface area contributed by atoms with Crippen LogP contribution in [-0.4, -0.2) is 57.9 Å². The van der Waals surface area contributed by atoms with Crippen LogP contribution in [0.25, 0.3) is 0 Å². The number of unbranched alkanes of at least 4 members (excludes halogenated alkanes) is 11. The van der Waals surface area contributed by atoms with Gasteiger partial charge in [0.1, 0.15) is 18.8 Å². The molecule has 1 aromatic rings. The van der Waals surface area contributed by atoms with Crippen LogP contribution in [-0.2, 0) is 13.1 Å². The van der Waals surface area contributed by atoms with Gasteiger partial charge in [0, 0.05) is 11.1 Å². The molecule has 0 radical (unpaired) electrons. The molecule has 3 nitrogen and oxygen atoms in total. The molecule has 0 unspecified atom stereocenters. The lowest BCUT2D eigenvalue weighted by atomic mass is 10.1. The van der Waals surface area contributed by atoms with Gasteiger partial charge in [-0.3, -0.25) is 0 Å². The van der Waals surface area contributed by atoms with Crippen molar-refractivity contribution in [2.75, 3.05) is 48.9 Å². The van der Waals surface area contributed by atoms with E-state index < -0.39 is 0 Å². The van der Waals surface area contributed by atoms with Crippen LogP contribution < -0.4 is 38.7 Å². The Labute approximate surface area is 228 Å². The van der Waals surface area contributed by atoms with Crippen molar-refractivity contribution < 1.29 is 47.7 Å². The van der Waals surface area contributed by atoms with Crippen LogP contribution in [0.3, 0.4) is 0 Å². The molecular formula is C28H54Br2N2O. The van der Waals surface area contributed by atoms with Crippen LogP contribution in [0, 0.1) is 0 Å². The van der Waals surface area contributed by atoms with E-state index in [4.69, 9.17) is 4.74 Å². The molecule has 0 atom stereocenters. The first-order valence-electron chi connectivity index (χ1n) is 13.0. The van der Waals surface area contributed by atoms with Crippen molar-refractivity contribution in [2.45, 2.75) is 97.1 Å². The maximum absolute atomic E-state index is 6.19. The van der Waals surface area contributed by atoms with Gasteiger partial charge in [0.05, 0.1) is 48.9 Å². The van der Waals surface area contributed by atoms with Crippen LogP contribution in [0.2, 0.25) is 0 Å². The summed E-state index contributed by atoms with van der Waals surface area (Å²) >= 11 is 0. The monoisotopic (exact) mass is 592 g/mol. The summed E-state index contributed by atoms with van der Waals surface area (Å²) in [5, 5.41) is 0. The van der Waals surface area contributed by atoms with Gasteiger partial charge in [-0.2, -0.15) is 0 Å². The zero-order valence-corrected chi connectivity index (χ0v) is 26.1. The van der Waals surface area contributed by atoms with Crippen molar-refractivity contribution in [2.24, 2.45) is 0 Å². The number of hydrogen-bond acceptors (Lipinski definition) is 1. The Hall–Kier alpha value is -0.100. The summed E-state index contributed by atoms with van der Waals surface area (Å²) in [6.45, 7) is 5.19. The van der Waals surface area contributed by atoms with Gasteiger partial charge >= 0.3 is 0 Å². The molecule has 0 saturated heterocycles. The number of ether oxygens (including phenoxy) is 1. The fourth-order valence-electron chi connectivity index (χ4n) is 4.22. The summed E-state index contributed by atoms with van der Waals surface area (Å²) in [7, 11) is 13.5. The third kappa shape index (κ3) is 20.9. The van der Waals surface area contributed by atoms with Gasteiger partial charge in [0.2, 0.25) is 0 Å². The average Bonchev–Trinajstić information content (AvgIpc) is 2.62. The summed E-state index contributed by atoms with van der Waals surface area (Å²) in [6.07, 6.45) is 16.6. The minimum atomic E-state index is 0. The molecule has 0 fully saturated rings. The molecule has 0 heterocycles. The van der Waals surface area contributed by atoms with E-state index in [0.717, 1.165) is 34.4 Å². The number of hydrogen-bond donors (Lipinski definition) is 0. The lowest BCUT2D eigenvalue weighted by Gasteiger charge is -2.26. The highest BCUT2D eigenvalue weighted by molar-refractivity contribution is 5.34. The van der Waals surface area contributed by atoms with Crippen molar-refractivity contribution in [3.8, 4) is 5.75 Å². The van der Waals surface area contributed by atoms with Gasteiger partial charge in [-0.15, -0.1) is 0 Å². The van der Waals surface area contributed by atoms with Gasteiger partial charge in [-0.05, 0) is 24.6 Å². The molecule has 0 aliphatic carbocycles. The first-order valence-corrected chi connectivity index (χ1v) is 13.0. The van der Waals surface area contributed by atoms with Gasteiger partial charge in [0.15, 0.2) is 0 Å². The Morgan fingerprint density at radius 1 is 0.545 bits per heavy atom. The number of quaternary nitrogens is 2. The van der Waals surface area contributed by atoms with Crippen LogP contribution >= 0.6 is 0 Å². The van der Waals surface area contributed by atoms with E-state index in [0.29, 0.717) is 0 Å². The summed E-state index contributed by atoms with van der Waals surface area (Å²) < 4.78 is 8.07. The Bertz CT molecular complexity index is 560. The molecule has 0 spiro atoms. The normalized spacial score (nSPS) is 11.6. The van der Waals surface area contributed by atoms with E-state index in [9.17, 15) is 0 Å². The number of benzene rings is 1. The fraction of sp³-hybridized carbons (Fsp3) is 0.786. The van der Waals surface area contributed by atoms with Crippen molar-refractivity contribution in [3.63, 3.8) is 0 Å². The molecule has 5 heteroatoms. The standard InChI is InChI=1S/C28H54N2O.2BrH/c1-8-9-10-11-12-13-14-15-16-17-18-19-20-31-28-22-26(24-29(2,3)4)21-27(23-28)25-30(5,6)7;;/h21-23H,8-20,24-25H2,1-7H3;2*1H/q+2;;/p-2. The van der Waals surface area contributed by atoms with Crippen LogP contribution in [0.15, 0.2) is 18.2 Å². The summed E-state index contributed by atoms with van der Waals surface area (Å²) in [5.74, 6) is 1.05. The molecule has 33 heavy (non-hydrogen) atoms. The number of nitrogens with zero attached hydrogens (tertiary/aromatic N) is 2. The van der Waals surface area contributed by atoms with Crippen molar-refractivity contribution in [1.29, 1.82) is 0 Å². The molecule has 0 bridgehead atoms. The number of halogens is 2. The van der Waals surface area contributed by atoms with Gasteiger partial charge < -0.3 is 47.7 Å². The highest BCUT2D eigenvalue weighted by atomic mass is 79.9. The third-order valence-corrected chi connectivity index (χ3v) is 5.61. The zero-order chi connectivity index (χ0) is 23.2. The molecule has 0 aliphatic heterocycles. The first kappa shape index (κ1) is 35.1. The Kier molecular flexibility index (Phi) is 20.3. The Morgan fingerprint density at radius 2 is 0.909 bits per heavy atom. The molecule has 0 amide bonds. The van der Waals surface area contributed by atoms with E-state index in [2.05, 4.69) is 67.4 Å². The van der Waals surface area contributed by atoms with E-state index in [-0.39, 0.29) is 34.0 Å². The highest BCUT2D eigenvalue weighted by Gasteiger charge is 2.15. The first-order chi connectivity index (χ1) is 14.6. The molecule has 1 rings (SSSR count). The Balaban J connectivity index is 0. The predicted octanol–water partition coefficient (Wildman–Crippen LogP) is 1.19. The quantitative estimate of drug-likeness (QED) is 0.184. The average molecular weight is 595 g/mol. The van der Waals surface area contributed by atoms with Crippen LogP contribution in [0.5, 0.6) is 5.75 Å². The second kappa shape index (κ2) is 19.1. The Morgan fingerprint density at radius 3 is 1.27 bits per heavy atom. The minimum Gasteiger partial charge on any atom is -1.00 e. The van der Waals surface area contributed by atoms with Crippen molar-refractivity contribution >= 4 is 0 Å². The van der Waals surface area contributed by atoms with E-state index in [1.54, 1.807) is 0 Å². The SMILES string of the molecule is CCCCCCCCCCCCCCOc1cc(C[N+](C)(C)C)cc(C[N+](C)(C)C)c1.[Br-].[Br-]. The molecule has 0 aromatic heterocycles. The van der Waals surface area contributed by atoms with E-state index >= 15 is 0 Å². The topological polar surface area (TPSA) is 9.23 Å². The molecule has 1 aromatic carbocycles. The van der Waals surface area contributed by atoms with Gasteiger partial charge in [-0.1, -0.05) is 77.6 Å². The maximum Gasteiger partial charge on any atom is 0.120 e. The van der Waals surface area contributed by atoms with Crippen molar-refractivity contribution in [3.05, 3.63) is 29.3 Å². The summed E-state index contributed by atoms with van der Waals surface area (Å²) in [5.41, 5.74) is 2.76. The maximum atomic E-state index is 6.19. The highest BCUT2D eigenvalue weighted by Crippen LogP contribution is 2.22. The fourth-order valence-corrected chi connectivity index (χ4v) is 4.22. The van der Waals surface area contributed by atoms with Crippen LogP contribution in [0.4, 0.5) is 0 Å². The predicted molar refractivity (Wildman–Crippen MR) is 136 cm³/mol. The van der Waals surface area contributed by atoms with E-state index in [1.165, 1.54) is 88.2 Å². The van der Waals surface area contributed by atoms with E-state index in [1.807, 2.05) is 0 Å². The third-order valence-electron chi connectivity index (χ3n) is 5.61. The van der Waals surface area contributed by atoms with Gasteiger partial charge in [-0.25, -0.2) is 0 Å². The molecule has 0 aliphatic rings. The second-order valence-corrected chi connectivity index (χ2v) is 11.6. The summed E-state index contributed by atoms with van der Waals surface area (Å²) in [6, 6.07) is 6.87. The largest absolute Gasteiger partial charge is 1.00 e. The van der Waals surface area contributed by atoms with Crippen LogP contribution in [0.1, 0.15) is 95.1 Å². The second-order valence-electron chi connectivity index (χ2n) is 11.6.